The summed E-state index contributed by atoms with van der Waals surface area (Å²) in [7, 11) is 1.57. The standard InChI is InChI=1S/C20H19FN2O2/c1-25-18-8-4-16(5-9-18)19(24)23-12-10-20(21,11-13-23)17-6-2-15(14-22)3-7-17/h2-9H,10-13H2,1H3. The Morgan fingerprint density at radius 3 is 2.24 bits per heavy atom. The van der Waals surface area contributed by atoms with Crippen LogP contribution in [0.4, 0.5) is 4.39 Å². The number of likely N-dealkylation sites (tertiary alicyclic amines) is 1. The maximum Gasteiger partial charge on any atom is 0.253 e. The Kier molecular flexibility index (Phi) is 4.71. The summed E-state index contributed by atoms with van der Waals surface area (Å²) in [6.45, 7) is 0.725. The van der Waals surface area contributed by atoms with Crippen molar-refractivity contribution in [2.75, 3.05) is 20.2 Å². The maximum atomic E-state index is 15.2. The van der Waals surface area contributed by atoms with Gasteiger partial charge in [0.1, 0.15) is 11.4 Å². The van der Waals surface area contributed by atoms with Crippen molar-refractivity contribution in [2.45, 2.75) is 18.5 Å². The zero-order chi connectivity index (χ0) is 17.9. The molecule has 0 aliphatic carbocycles. The van der Waals surface area contributed by atoms with E-state index in [0.717, 1.165) is 0 Å². The van der Waals surface area contributed by atoms with E-state index in [4.69, 9.17) is 10.00 Å². The monoisotopic (exact) mass is 338 g/mol. The van der Waals surface area contributed by atoms with Crippen LogP contribution < -0.4 is 4.74 Å². The van der Waals surface area contributed by atoms with Crippen molar-refractivity contribution in [3.05, 3.63) is 65.2 Å². The van der Waals surface area contributed by atoms with Gasteiger partial charge in [-0.1, -0.05) is 12.1 Å². The van der Waals surface area contributed by atoms with Crippen LogP contribution in [-0.4, -0.2) is 31.0 Å². The second-order valence-corrected chi connectivity index (χ2v) is 6.18. The molecule has 0 bridgehead atoms. The van der Waals surface area contributed by atoms with Crippen LogP contribution in [0.2, 0.25) is 0 Å². The number of amides is 1. The number of nitrogens with zero attached hydrogens (tertiary/aromatic N) is 2. The molecule has 0 unspecified atom stereocenters. The quantitative estimate of drug-likeness (QED) is 0.858. The molecule has 1 heterocycles. The third-order valence-electron chi connectivity index (χ3n) is 4.71. The topological polar surface area (TPSA) is 53.3 Å². The van der Waals surface area contributed by atoms with Crippen molar-refractivity contribution >= 4 is 5.91 Å². The first-order valence-corrected chi connectivity index (χ1v) is 8.18. The number of piperidine rings is 1. The highest BCUT2D eigenvalue weighted by Gasteiger charge is 2.37. The Bertz CT molecular complexity index is 786. The molecule has 1 aliphatic heterocycles. The first-order valence-electron chi connectivity index (χ1n) is 8.18. The number of carbonyl (C=O) groups is 1. The van der Waals surface area contributed by atoms with E-state index in [2.05, 4.69) is 0 Å². The van der Waals surface area contributed by atoms with Gasteiger partial charge in [0.2, 0.25) is 0 Å². The van der Waals surface area contributed by atoms with Crippen LogP contribution in [0.25, 0.3) is 0 Å². The van der Waals surface area contributed by atoms with Crippen molar-refractivity contribution in [1.29, 1.82) is 5.26 Å². The average molecular weight is 338 g/mol. The second kappa shape index (κ2) is 6.94. The molecule has 0 spiro atoms. The zero-order valence-corrected chi connectivity index (χ0v) is 14.0. The van der Waals surface area contributed by atoms with Gasteiger partial charge in [0.05, 0.1) is 18.7 Å². The molecule has 0 aromatic heterocycles. The van der Waals surface area contributed by atoms with Gasteiger partial charge in [0, 0.05) is 31.5 Å². The molecule has 0 N–H and O–H groups in total. The van der Waals surface area contributed by atoms with Crippen LogP contribution in [-0.2, 0) is 5.67 Å². The highest BCUT2D eigenvalue weighted by atomic mass is 19.1. The molecule has 25 heavy (non-hydrogen) atoms. The Morgan fingerprint density at radius 1 is 1.12 bits per heavy atom. The lowest BCUT2D eigenvalue weighted by atomic mass is 9.85. The van der Waals surface area contributed by atoms with Gasteiger partial charge < -0.3 is 9.64 Å². The maximum absolute atomic E-state index is 15.2. The lowest BCUT2D eigenvalue weighted by molar-refractivity contribution is 0.0421. The van der Waals surface area contributed by atoms with E-state index < -0.39 is 5.67 Å². The second-order valence-electron chi connectivity index (χ2n) is 6.18. The highest BCUT2D eigenvalue weighted by Crippen LogP contribution is 2.37. The summed E-state index contributed by atoms with van der Waals surface area (Å²) in [6, 6.07) is 15.6. The summed E-state index contributed by atoms with van der Waals surface area (Å²) < 4.78 is 20.3. The van der Waals surface area contributed by atoms with Gasteiger partial charge >= 0.3 is 0 Å². The fourth-order valence-electron chi connectivity index (χ4n) is 3.11. The van der Waals surface area contributed by atoms with Gasteiger partial charge in [0.15, 0.2) is 0 Å². The fraction of sp³-hybridized carbons (Fsp3) is 0.300. The summed E-state index contributed by atoms with van der Waals surface area (Å²) in [4.78, 5) is 14.2. The van der Waals surface area contributed by atoms with E-state index >= 15 is 4.39 Å². The van der Waals surface area contributed by atoms with Crippen LogP contribution >= 0.6 is 0 Å². The van der Waals surface area contributed by atoms with Gasteiger partial charge in [-0.2, -0.15) is 5.26 Å². The first kappa shape index (κ1) is 17.0. The minimum Gasteiger partial charge on any atom is -0.497 e. The third kappa shape index (κ3) is 3.48. The first-order chi connectivity index (χ1) is 12.1. The molecule has 1 amide bonds. The van der Waals surface area contributed by atoms with Gasteiger partial charge in [-0.15, -0.1) is 0 Å². The van der Waals surface area contributed by atoms with Gasteiger partial charge in [-0.05, 0) is 42.0 Å². The van der Waals surface area contributed by atoms with E-state index in [1.807, 2.05) is 6.07 Å². The summed E-state index contributed by atoms with van der Waals surface area (Å²) in [5.74, 6) is 0.600. The summed E-state index contributed by atoms with van der Waals surface area (Å²) in [5.41, 5.74) is 0.207. The van der Waals surface area contributed by atoms with Crippen molar-refractivity contribution in [3.8, 4) is 11.8 Å². The number of methoxy groups -OCH3 is 1. The molecular formula is C20H19FN2O2. The van der Waals surface area contributed by atoms with Crippen LogP contribution in [0.1, 0.15) is 34.3 Å². The van der Waals surface area contributed by atoms with Crippen molar-refractivity contribution < 1.29 is 13.9 Å². The molecule has 0 atom stereocenters. The average Bonchev–Trinajstić information content (AvgIpc) is 2.68. The molecule has 2 aromatic carbocycles. The van der Waals surface area contributed by atoms with Gasteiger partial charge in [0.25, 0.3) is 5.91 Å². The number of halogens is 1. The molecular weight excluding hydrogens is 319 g/mol. The Balaban J connectivity index is 1.67. The van der Waals surface area contributed by atoms with E-state index in [9.17, 15) is 4.79 Å². The van der Waals surface area contributed by atoms with E-state index in [1.54, 1.807) is 60.5 Å². The third-order valence-corrected chi connectivity index (χ3v) is 4.71. The van der Waals surface area contributed by atoms with E-state index in [0.29, 0.717) is 35.5 Å². The van der Waals surface area contributed by atoms with E-state index in [1.165, 1.54) is 0 Å². The van der Waals surface area contributed by atoms with Gasteiger partial charge in [-0.25, -0.2) is 4.39 Å². The number of nitriles is 1. The Morgan fingerprint density at radius 2 is 1.72 bits per heavy atom. The summed E-state index contributed by atoms with van der Waals surface area (Å²) in [6.07, 6.45) is 0.502. The van der Waals surface area contributed by atoms with Crippen molar-refractivity contribution in [2.24, 2.45) is 0 Å². The highest BCUT2D eigenvalue weighted by molar-refractivity contribution is 5.94. The smallest absolute Gasteiger partial charge is 0.253 e. The Labute approximate surface area is 146 Å². The predicted molar refractivity (Wildman–Crippen MR) is 92.1 cm³/mol. The lowest BCUT2D eigenvalue weighted by Crippen LogP contribution is -2.43. The van der Waals surface area contributed by atoms with Crippen molar-refractivity contribution in [3.63, 3.8) is 0 Å². The number of rotatable bonds is 3. The molecule has 2 aromatic rings. The molecule has 5 heteroatoms. The molecule has 3 rings (SSSR count). The fourth-order valence-corrected chi connectivity index (χ4v) is 3.11. The molecule has 128 valence electrons. The summed E-state index contributed by atoms with van der Waals surface area (Å²) >= 11 is 0. The van der Waals surface area contributed by atoms with Crippen LogP contribution in [0.5, 0.6) is 5.75 Å². The normalized spacial score (nSPS) is 16.1. The predicted octanol–water partition coefficient (Wildman–Crippen LogP) is 3.67. The summed E-state index contributed by atoms with van der Waals surface area (Å²) in [5, 5.41) is 8.84. The van der Waals surface area contributed by atoms with Crippen LogP contribution in [0.3, 0.4) is 0 Å². The molecule has 1 fully saturated rings. The molecule has 0 saturated carbocycles. The number of ether oxygens (including phenoxy) is 1. The lowest BCUT2D eigenvalue weighted by Gasteiger charge is -2.36. The number of carbonyl (C=O) groups excluding carboxylic acids is 1. The number of hydrogen-bond donors (Lipinski definition) is 0. The minimum atomic E-state index is -1.45. The Hall–Kier alpha value is -2.87. The van der Waals surface area contributed by atoms with Crippen LogP contribution in [0, 0.1) is 11.3 Å². The molecule has 0 radical (unpaired) electrons. The molecule has 1 aliphatic rings. The number of alkyl halides is 1. The number of hydrogen-bond acceptors (Lipinski definition) is 3. The molecule has 1 saturated heterocycles. The van der Waals surface area contributed by atoms with Gasteiger partial charge in [-0.3, -0.25) is 4.79 Å². The van der Waals surface area contributed by atoms with E-state index in [-0.39, 0.29) is 18.7 Å². The van der Waals surface area contributed by atoms with Crippen LogP contribution in [0.15, 0.2) is 48.5 Å². The SMILES string of the molecule is COc1ccc(C(=O)N2CCC(F)(c3ccc(C#N)cc3)CC2)cc1. The number of benzene rings is 2. The molecule has 4 nitrogen and oxygen atoms in total. The largest absolute Gasteiger partial charge is 0.497 e. The minimum absolute atomic E-state index is 0.0930. The zero-order valence-electron chi connectivity index (χ0n) is 14.0. The van der Waals surface area contributed by atoms with Crippen molar-refractivity contribution in [1.82, 2.24) is 4.90 Å².